The van der Waals surface area contributed by atoms with E-state index in [2.05, 4.69) is 30.9 Å². The fraction of sp³-hybridized carbons (Fsp3) is 0.261. The first kappa shape index (κ1) is 25.0. The maximum Gasteiger partial charge on any atom is 0.418 e. The number of carbonyl (C=O) groups excluding carboxylic acids is 2. The number of hydrogen-bond acceptors (Lipinski definition) is 7. The first-order valence-corrected chi connectivity index (χ1v) is 10.7. The maximum absolute atomic E-state index is 13.3. The van der Waals surface area contributed by atoms with Gasteiger partial charge in [0.2, 0.25) is 5.91 Å². The van der Waals surface area contributed by atoms with E-state index in [1.807, 2.05) is 0 Å². The highest BCUT2D eigenvalue weighted by atomic mass is 19.4. The number of pyridine rings is 1. The minimum atomic E-state index is -4.75. The Hall–Kier alpha value is -4.13. The van der Waals surface area contributed by atoms with Crippen LogP contribution in [0.2, 0.25) is 0 Å². The van der Waals surface area contributed by atoms with Gasteiger partial charge < -0.3 is 20.7 Å². The second kappa shape index (κ2) is 10.2. The summed E-state index contributed by atoms with van der Waals surface area (Å²) in [5, 5.41) is 7.98. The molecule has 1 aliphatic heterocycles. The highest BCUT2D eigenvalue weighted by Crippen LogP contribution is 2.36. The molecule has 3 aromatic rings. The van der Waals surface area contributed by atoms with E-state index in [0.29, 0.717) is 11.8 Å². The molecule has 188 valence electrons. The van der Waals surface area contributed by atoms with Gasteiger partial charge in [-0.15, -0.1) is 0 Å². The fourth-order valence-electron chi connectivity index (χ4n) is 3.56. The number of ether oxygens (including phenoxy) is 1. The van der Waals surface area contributed by atoms with Crippen LogP contribution in [0.15, 0.2) is 55.2 Å². The summed E-state index contributed by atoms with van der Waals surface area (Å²) >= 11 is 0. The van der Waals surface area contributed by atoms with E-state index < -0.39 is 34.9 Å². The number of hydrogen-bond donors (Lipinski definition) is 3. The highest BCUT2D eigenvalue weighted by Gasteiger charge is 2.43. The van der Waals surface area contributed by atoms with Crippen LogP contribution in [0.25, 0.3) is 0 Å². The smallest absolute Gasteiger partial charge is 0.378 e. The molecule has 13 heteroatoms. The van der Waals surface area contributed by atoms with Gasteiger partial charge in [-0.2, -0.15) is 13.2 Å². The quantitative estimate of drug-likeness (QED) is 0.424. The van der Waals surface area contributed by atoms with Crippen LogP contribution >= 0.6 is 0 Å². The highest BCUT2D eigenvalue weighted by molar-refractivity contribution is 5.99. The summed E-state index contributed by atoms with van der Waals surface area (Å²) in [5.74, 6) is -2.00. The van der Waals surface area contributed by atoms with Gasteiger partial charge in [-0.25, -0.2) is 14.4 Å². The summed E-state index contributed by atoms with van der Waals surface area (Å²) < 4.78 is 58.3. The number of rotatable bonds is 7. The van der Waals surface area contributed by atoms with E-state index in [1.165, 1.54) is 37.1 Å². The predicted octanol–water partition coefficient (Wildman–Crippen LogP) is 2.98. The van der Waals surface area contributed by atoms with Crippen LogP contribution in [0.4, 0.5) is 28.9 Å². The molecule has 1 atom stereocenters. The lowest BCUT2D eigenvalue weighted by Crippen LogP contribution is -2.59. The molecule has 0 spiro atoms. The zero-order valence-electron chi connectivity index (χ0n) is 18.6. The van der Waals surface area contributed by atoms with E-state index in [1.54, 1.807) is 0 Å². The number of halogens is 4. The van der Waals surface area contributed by atoms with Crippen molar-refractivity contribution in [2.45, 2.75) is 24.7 Å². The molecule has 1 aromatic carbocycles. The van der Waals surface area contributed by atoms with Gasteiger partial charge in [-0.3, -0.25) is 14.6 Å². The van der Waals surface area contributed by atoms with E-state index in [0.717, 1.165) is 12.1 Å². The lowest BCUT2D eigenvalue weighted by atomic mass is 9.96. The fourth-order valence-corrected chi connectivity index (χ4v) is 3.56. The SMILES string of the molecule is O=C(N[C@@]1(C(=O)NCc2ccc(Nc3ccc(F)cc3C(F)(F)F)cn2)CCOC1)c1cncnc1. The van der Waals surface area contributed by atoms with Crippen LogP contribution in [-0.4, -0.2) is 45.5 Å². The second-order valence-electron chi connectivity index (χ2n) is 8.00. The third-order valence-corrected chi connectivity index (χ3v) is 5.45. The Balaban J connectivity index is 1.39. The molecule has 0 unspecified atom stereocenters. The molecule has 3 N–H and O–H groups in total. The summed E-state index contributed by atoms with van der Waals surface area (Å²) in [4.78, 5) is 37.2. The number of nitrogens with one attached hydrogen (secondary N) is 3. The Kier molecular flexibility index (Phi) is 7.10. The van der Waals surface area contributed by atoms with Gasteiger partial charge in [0, 0.05) is 25.4 Å². The standard InChI is InChI=1S/C23H20F4N6O3/c24-15-1-4-19(18(7-15)23(25,26)27)32-17-3-2-16(30-11-17)10-31-21(35)22(5-6-36-12-22)33-20(34)14-8-28-13-29-9-14/h1-4,7-9,11,13,32H,5-6,10,12H2,(H,31,35)(H,33,34)/t22-/m0/s1. The van der Waals surface area contributed by atoms with Crippen molar-refractivity contribution in [1.29, 1.82) is 0 Å². The molecule has 1 aliphatic rings. The van der Waals surface area contributed by atoms with Crippen molar-refractivity contribution in [2.24, 2.45) is 0 Å². The van der Waals surface area contributed by atoms with E-state index in [-0.39, 0.29) is 43.1 Å². The number of carbonyl (C=O) groups is 2. The summed E-state index contributed by atoms with van der Waals surface area (Å²) in [6, 6.07) is 5.30. The summed E-state index contributed by atoms with van der Waals surface area (Å²) in [6.07, 6.45) is 0.732. The first-order chi connectivity index (χ1) is 17.2. The minimum absolute atomic E-state index is 0.00443. The molecule has 0 saturated carbocycles. The van der Waals surface area contributed by atoms with Gasteiger partial charge in [0.1, 0.15) is 17.7 Å². The topological polar surface area (TPSA) is 118 Å². The average molecular weight is 504 g/mol. The first-order valence-electron chi connectivity index (χ1n) is 10.7. The van der Waals surface area contributed by atoms with Crippen LogP contribution in [0.1, 0.15) is 28.0 Å². The Labute approximate surface area is 202 Å². The number of amides is 2. The van der Waals surface area contributed by atoms with Crippen molar-refractivity contribution in [3.05, 3.63) is 77.9 Å². The van der Waals surface area contributed by atoms with Crippen LogP contribution in [0.5, 0.6) is 0 Å². The molecular formula is C23H20F4N6O3. The monoisotopic (exact) mass is 504 g/mol. The van der Waals surface area contributed by atoms with Gasteiger partial charge in [0.15, 0.2) is 0 Å². The van der Waals surface area contributed by atoms with Gasteiger partial charge in [0.05, 0.1) is 47.5 Å². The molecule has 3 heterocycles. The molecule has 0 bridgehead atoms. The summed E-state index contributed by atoms with van der Waals surface area (Å²) in [5.41, 5.74) is -1.91. The van der Waals surface area contributed by atoms with Crippen molar-refractivity contribution in [3.8, 4) is 0 Å². The normalized spacial score (nSPS) is 17.4. The Bertz CT molecular complexity index is 1230. The van der Waals surface area contributed by atoms with Crippen molar-refractivity contribution in [2.75, 3.05) is 18.5 Å². The van der Waals surface area contributed by atoms with E-state index in [4.69, 9.17) is 4.74 Å². The second-order valence-corrected chi connectivity index (χ2v) is 8.00. The largest absolute Gasteiger partial charge is 0.418 e. The Morgan fingerprint density at radius 2 is 1.86 bits per heavy atom. The van der Waals surface area contributed by atoms with Crippen molar-refractivity contribution < 1.29 is 31.9 Å². The van der Waals surface area contributed by atoms with Gasteiger partial charge in [-0.05, 0) is 30.3 Å². The van der Waals surface area contributed by atoms with Crippen LogP contribution < -0.4 is 16.0 Å². The lowest BCUT2D eigenvalue weighted by Gasteiger charge is -2.27. The number of nitrogens with zero attached hydrogens (tertiary/aromatic N) is 3. The summed E-state index contributed by atoms with van der Waals surface area (Å²) in [6.45, 7) is 0.254. The molecule has 1 saturated heterocycles. The molecular weight excluding hydrogens is 484 g/mol. The molecule has 0 radical (unpaired) electrons. The molecule has 1 fully saturated rings. The van der Waals surface area contributed by atoms with E-state index in [9.17, 15) is 27.2 Å². The third kappa shape index (κ3) is 5.74. The minimum Gasteiger partial charge on any atom is -0.378 e. The zero-order chi connectivity index (χ0) is 25.8. The van der Waals surface area contributed by atoms with E-state index >= 15 is 0 Å². The third-order valence-electron chi connectivity index (χ3n) is 5.45. The Morgan fingerprint density at radius 3 is 2.50 bits per heavy atom. The number of alkyl halides is 3. The van der Waals surface area contributed by atoms with Gasteiger partial charge in [-0.1, -0.05) is 0 Å². The van der Waals surface area contributed by atoms with Gasteiger partial charge in [0.25, 0.3) is 5.91 Å². The molecule has 4 rings (SSSR count). The van der Waals surface area contributed by atoms with Gasteiger partial charge >= 0.3 is 6.18 Å². The number of benzene rings is 1. The number of anilines is 2. The maximum atomic E-state index is 13.3. The molecule has 0 aliphatic carbocycles. The number of aromatic nitrogens is 3. The lowest BCUT2D eigenvalue weighted by molar-refractivity contribution is -0.137. The van der Waals surface area contributed by atoms with Crippen LogP contribution in [0.3, 0.4) is 0 Å². The van der Waals surface area contributed by atoms with Crippen molar-refractivity contribution >= 4 is 23.2 Å². The molecule has 9 nitrogen and oxygen atoms in total. The predicted molar refractivity (Wildman–Crippen MR) is 118 cm³/mol. The van der Waals surface area contributed by atoms with Crippen molar-refractivity contribution in [3.63, 3.8) is 0 Å². The molecule has 2 amide bonds. The molecule has 36 heavy (non-hydrogen) atoms. The van der Waals surface area contributed by atoms with Crippen LogP contribution in [-0.2, 0) is 22.3 Å². The molecule has 2 aromatic heterocycles. The average Bonchev–Trinajstić information content (AvgIpc) is 3.34. The van der Waals surface area contributed by atoms with Crippen molar-refractivity contribution in [1.82, 2.24) is 25.6 Å². The Morgan fingerprint density at radius 1 is 1.08 bits per heavy atom. The summed E-state index contributed by atoms with van der Waals surface area (Å²) in [7, 11) is 0. The van der Waals surface area contributed by atoms with Crippen LogP contribution in [0, 0.1) is 5.82 Å². The zero-order valence-corrected chi connectivity index (χ0v) is 18.6.